The number of anilines is 1. The molecule has 0 bridgehead atoms. The number of aliphatic carboxylic acids is 1. The predicted octanol–water partition coefficient (Wildman–Crippen LogP) is 1.49. The van der Waals surface area contributed by atoms with Gasteiger partial charge in [-0.1, -0.05) is 0 Å². The highest BCUT2D eigenvalue weighted by molar-refractivity contribution is 6.00. The van der Waals surface area contributed by atoms with Gasteiger partial charge in [-0.15, -0.1) is 0 Å². The standard InChI is InChI=1S/C11H14N2O3/c12-9-5-6-13-7-8(9)10(14)3-1-2-4-11(15)16/h5-7H,1-4H2,(H2,12,13)(H,15,16). The summed E-state index contributed by atoms with van der Waals surface area (Å²) in [7, 11) is 0. The van der Waals surface area contributed by atoms with E-state index in [0.717, 1.165) is 0 Å². The summed E-state index contributed by atoms with van der Waals surface area (Å²) in [4.78, 5) is 25.7. The molecular weight excluding hydrogens is 208 g/mol. The Morgan fingerprint density at radius 3 is 2.62 bits per heavy atom. The fraction of sp³-hybridized carbons (Fsp3) is 0.364. The van der Waals surface area contributed by atoms with Crippen LogP contribution in [-0.2, 0) is 4.79 Å². The maximum atomic E-state index is 11.6. The highest BCUT2D eigenvalue weighted by Crippen LogP contribution is 2.13. The Bertz CT molecular complexity index is 391. The second kappa shape index (κ2) is 5.85. The van der Waals surface area contributed by atoms with Crippen molar-refractivity contribution in [2.75, 3.05) is 5.73 Å². The summed E-state index contributed by atoms with van der Waals surface area (Å²) in [6.45, 7) is 0. The van der Waals surface area contributed by atoms with E-state index in [1.54, 1.807) is 6.07 Å². The normalized spacial score (nSPS) is 10.0. The van der Waals surface area contributed by atoms with E-state index in [1.807, 2.05) is 0 Å². The van der Waals surface area contributed by atoms with Crippen molar-refractivity contribution in [1.82, 2.24) is 4.98 Å². The van der Waals surface area contributed by atoms with Gasteiger partial charge in [-0.25, -0.2) is 0 Å². The number of pyridine rings is 1. The van der Waals surface area contributed by atoms with Crippen LogP contribution in [0.2, 0.25) is 0 Å². The molecule has 1 heterocycles. The number of rotatable bonds is 6. The van der Waals surface area contributed by atoms with Gasteiger partial charge in [-0.05, 0) is 18.9 Å². The third-order valence-corrected chi connectivity index (χ3v) is 2.20. The lowest BCUT2D eigenvalue weighted by molar-refractivity contribution is -0.137. The van der Waals surface area contributed by atoms with Crippen molar-refractivity contribution in [2.45, 2.75) is 25.7 Å². The highest BCUT2D eigenvalue weighted by atomic mass is 16.4. The maximum Gasteiger partial charge on any atom is 0.303 e. The molecule has 0 spiro atoms. The minimum Gasteiger partial charge on any atom is -0.481 e. The number of carbonyl (C=O) groups is 2. The molecule has 16 heavy (non-hydrogen) atoms. The van der Waals surface area contributed by atoms with Crippen molar-refractivity contribution < 1.29 is 14.7 Å². The number of carbonyl (C=O) groups excluding carboxylic acids is 1. The van der Waals surface area contributed by atoms with Crippen LogP contribution >= 0.6 is 0 Å². The minimum atomic E-state index is -0.839. The van der Waals surface area contributed by atoms with Crippen molar-refractivity contribution in [3.8, 4) is 0 Å². The number of hydrogen-bond acceptors (Lipinski definition) is 4. The fourth-order valence-electron chi connectivity index (χ4n) is 1.33. The second-order valence-corrected chi connectivity index (χ2v) is 3.49. The lowest BCUT2D eigenvalue weighted by atomic mass is 10.1. The number of nitrogens with zero attached hydrogens (tertiary/aromatic N) is 1. The molecular formula is C11H14N2O3. The Morgan fingerprint density at radius 1 is 1.31 bits per heavy atom. The molecule has 0 unspecified atom stereocenters. The van der Waals surface area contributed by atoms with Gasteiger partial charge in [0.15, 0.2) is 5.78 Å². The van der Waals surface area contributed by atoms with Gasteiger partial charge >= 0.3 is 5.97 Å². The van der Waals surface area contributed by atoms with Gasteiger partial charge in [0.1, 0.15) is 0 Å². The van der Waals surface area contributed by atoms with Crippen molar-refractivity contribution in [1.29, 1.82) is 0 Å². The number of nitrogen functional groups attached to an aromatic ring is 1. The summed E-state index contributed by atoms with van der Waals surface area (Å²) in [5.74, 6) is -0.927. The first-order valence-corrected chi connectivity index (χ1v) is 5.05. The lowest BCUT2D eigenvalue weighted by Gasteiger charge is -2.02. The Balaban J connectivity index is 2.41. The van der Waals surface area contributed by atoms with Gasteiger partial charge in [0.25, 0.3) is 0 Å². The molecule has 1 rings (SSSR count). The summed E-state index contributed by atoms with van der Waals surface area (Å²) in [6, 6.07) is 1.57. The fourth-order valence-corrected chi connectivity index (χ4v) is 1.33. The van der Waals surface area contributed by atoms with Crippen LogP contribution in [0.3, 0.4) is 0 Å². The number of aromatic nitrogens is 1. The third kappa shape index (κ3) is 3.68. The SMILES string of the molecule is Nc1ccncc1C(=O)CCCCC(=O)O. The van der Waals surface area contributed by atoms with Crippen molar-refractivity contribution in [3.63, 3.8) is 0 Å². The molecule has 0 aliphatic carbocycles. The van der Waals surface area contributed by atoms with Crippen LogP contribution in [0.25, 0.3) is 0 Å². The molecule has 0 aliphatic rings. The molecule has 1 aromatic heterocycles. The molecule has 0 radical (unpaired) electrons. The van der Waals surface area contributed by atoms with Crippen molar-refractivity contribution in [3.05, 3.63) is 24.0 Å². The van der Waals surface area contributed by atoms with Gasteiger partial charge in [-0.2, -0.15) is 0 Å². The van der Waals surface area contributed by atoms with E-state index < -0.39 is 5.97 Å². The number of nitrogens with two attached hydrogens (primary N) is 1. The molecule has 0 saturated heterocycles. The average molecular weight is 222 g/mol. The molecule has 0 aromatic carbocycles. The maximum absolute atomic E-state index is 11.6. The summed E-state index contributed by atoms with van der Waals surface area (Å²) in [5, 5.41) is 8.42. The van der Waals surface area contributed by atoms with E-state index in [-0.39, 0.29) is 12.2 Å². The van der Waals surface area contributed by atoms with Crippen LogP contribution in [0.5, 0.6) is 0 Å². The highest BCUT2D eigenvalue weighted by Gasteiger charge is 2.09. The quantitative estimate of drug-likeness (QED) is 0.561. The summed E-state index contributed by atoms with van der Waals surface area (Å²) in [5.41, 5.74) is 6.45. The number of hydrogen-bond donors (Lipinski definition) is 2. The number of carboxylic acid groups (broad SMARTS) is 1. The first-order valence-electron chi connectivity index (χ1n) is 5.05. The number of carboxylic acids is 1. The van der Waals surface area contributed by atoms with Crippen LogP contribution in [0.1, 0.15) is 36.0 Å². The first-order chi connectivity index (χ1) is 7.61. The lowest BCUT2D eigenvalue weighted by Crippen LogP contribution is -2.04. The van der Waals surface area contributed by atoms with E-state index >= 15 is 0 Å². The van der Waals surface area contributed by atoms with E-state index in [0.29, 0.717) is 30.5 Å². The van der Waals surface area contributed by atoms with Gasteiger partial charge < -0.3 is 10.8 Å². The monoisotopic (exact) mass is 222 g/mol. The van der Waals surface area contributed by atoms with Crippen LogP contribution < -0.4 is 5.73 Å². The first kappa shape index (κ1) is 12.2. The number of ketones is 1. The molecule has 0 fully saturated rings. The van der Waals surface area contributed by atoms with Crippen LogP contribution in [0.15, 0.2) is 18.5 Å². The van der Waals surface area contributed by atoms with E-state index in [2.05, 4.69) is 4.98 Å². The minimum absolute atomic E-state index is 0.0870. The van der Waals surface area contributed by atoms with Crippen LogP contribution in [0, 0.1) is 0 Å². The van der Waals surface area contributed by atoms with Gasteiger partial charge in [0, 0.05) is 30.9 Å². The molecule has 86 valence electrons. The summed E-state index contributed by atoms with van der Waals surface area (Å²) < 4.78 is 0. The zero-order chi connectivity index (χ0) is 12.0. The number of Topliss-reactive ketones (excluding diaryl/α,β-unsaturated/α-hetero) is 1. The third-order valence-electron chi connectivity index (χ3n) is 2.20. The largest absolute Gasteiger partial charge is 0.481 e. The van der Waals surface area contributed by atoms with Gasteiger partial charge in [0.05, 0.1) is 5.56 Å². The molecule has 0 amide bonds. The molecule has 3 N–H and O–H groups in total. The van der Waals surface area contributed by atoms with E-state index in [4.69, 9.17) is 10.8 Å². The molecule has 0 saturated carbocycles. The smallest absolute Gasteiger partial charge is 0.303 e. The van der Waals surface area contributed by atoms with E-state index in [9.17, 15) is 9.59 Å². The zero-order valence-corrected chi connectivity index (χ0v) is 8.85. The second-order valence-electron chi connectivity index (χ2n) is 3.49. The Hall–Kier alpha value is -1.91. The Morgan fingerprint density at radius 2 is 2.00 bits per heavy atom. The number of unbranched alkanes of at least 4 members (excludes halogenated alkanes) is 1. The summed E-state index contributed by atoms with van der Waals surface area (Å²) in [6.07, 6.45) is 4.42. The Labute approximate surface area is 93.3 Å². The van der Waals surface area contributed by atoms with Crippen LogP contribution in [0.4, 0.5) is 5.69 Å². The Kier molecular flexibility index (Phi) is 4.44. The average Bonchev–Trinajstić information content (AvgIpc) is 2.24. The van der Waals surface area contributed by atoms with Crippen molar-refractivity contribution >= 4 is 17.4 Å². The van der Waals surface area contributed by atoms with E-state index in [1.165, 1.54) is 12.4 Å². The molecule has 5 heteroatoms. The molecule has 0 atom stereocenters. The molecule has 0 aliphatic heterocycles. The van der Waals surface area contributed by atoms with Crippen molar-refractivity contribution in [2.24, 2.45) is 0 Å². The molecule has 5 nitrogen and oxygen atoms in total. The summed E-state index contributed by atoms with van der Waals surface area (Å²) >= 11 is 0. The topological polar surface area (TPSA) is 93.3 Å². The van der Waals surface area contributed by atoms with Gasteiger partial charge in [0.2, 0.25) is 0 Å². The van der Waals surface area contributed by atoms with Crippen LogP contribution in [-0.4, -0.2) is 21.8 Å². The van der Waals surface area contributed by atoms with Gasteiger partial charge in [-0.3, -0.25) is 14.6 Å². The predicted molar refractivity (Wildman–Crippen MR) is 59.1 cm³/mol. The molecule has 1 aromatic rings. The zero-order valence-electron chi connectivity index (χ0n) is 8.85.